The van der Waals surface area contributed by atoms with Crippen LogP contribution in [0.1, 0.15) is 53.6 Å². The summed E-state index contributed by atoms with van der Waals surface area (Å²) in [6.45, 7) is 6.88. The molecule has 2 aromatic carbocycles. The van der Waals surface area contributed by atoms with Crippen LogP contribution in [0.5, 0.6) is 0 Å². The normalized spacial score (nSPS) is 20.0. The molecule has 2 saturated heterocycles. The summed E-state index contributed by atoms with van der Waals surface area (Å²) < 4.78 is 87.8. The van der Waals surface area contributed by atoms with Crippen molar-refractivity contribution in [3.63, 3.8) is 0 Å². The fourth-order valence-electron chi connectivity index (χ4n) is 5.54. The second kappa shape index (κ2) is 13.9. The summed E-state index contributed by atoms with van der Waals surface area (Å²) in [4.78, 5) is 28.9. The number of hydrogen-bond donors (Lipinski definition) is 2. The molecular formula is C29H35F7N4O3. The Morgan fingerprint density at radius 3 is 1.98 bits per heavy atom. The molecule has 0 saturated carbocycles. The lowest BCUT2D eigenvalue weighted by Gasteiger charge is -2.45. The number of likely N-dealkylation sites (tertiary alicyclic amines) is 1. The first-order valence-electron chi connectivity index (χ1n) is 13.7. The van der Waals surface area contributed by atoms with Crippen molar-refractivity contribution >= 4 is 12.0 Å². The van der Waals surface area contributed by atoms with Crippen LogP contribution in [0, 0.1) is 12.7 Å². The fraction of sp³-hybridized carbons (Fsp3) is 0.517. The number of nitrogens with one attached hydrogen (secondary N) is 1. The van der Waals surface area contributed by atoms with E-state index in [0.29, 0.717) is 38.2 Å². The smallest absolute Gasteiger partial charge is 0.416 e. The molecule has 43 heavy (non-hydrogen) atoms. The summed E-state index contributed by atoms with van der Waals surface area (Å²) >= 11 is 0. The van der Waals surface area contributed by atoms with Gasteiger partial charge in [-0.2, -0.15) is 26.3 Å². The summed E-state index contributed by atoms with van der Waals surface area (Å²) in [7, 11) is 1.44. The number of rotatable bonds is 4. The highest BCUT2D eigenvalue weighted by atomic mass is 19.4. The van der Waals surface area contributed by atoms with Crippen molar-refractivity contribution in [3.05, 3.63) is 70.0 Å². The molecular weight excluding hydrogens is 585 g/mol. The van der Waals surface area contributed by atoms with Gasteiger partial charge in [0.2, 0.25) is 5.91 Å². The fourth-order valence-corrected chi connectivity index (χ4v) is 5.54. The monoisotopic (exact) mass is 620 g/mol. The van der Waals surface area contributed by atoms with E-state index in [4.69, 9.17) is 0 Å². The number of alkyl halides is 6. The van der Waals surface area contributed by atoms with Crippen LogP contribution in [0.4, 0.5) is 35.5 Å². The molecule has 0 radical (unpaired) electrons. The van der Waals surface area contributed by atoms with Crippen molar-refractivity contribution < 1.29 is 45.4 Å². The van der Waals surface area contributed by atoms with Gasteiger partial charge in [0.25, 0.3) is 0 Å². The van der Waals surface area contributed by atoms with Crippen molar-refractivity contribution in [2.45, 2.75) is 57.7 Å². The van der Waals surface area contributed by atoms with E-state index in [1.807, 2.05) is 11.8 Å². The zero-order valence-electron chi connectivity index (χ0n) is 24.0. The first-order chi connectivity index (χ1) is 20.0. The zero-order valence-corrected chi connectivity index (χ0v) is 24.0. The SMILES string of the molecule is CC(=O)N1CCN([C@H]2CCN(C(=O)O)[C@@H](c3ccc(F)cc3C)C2)CC1.CNCc1cc(C(F)(F)F)cc(C(F)(F)F)c1. The number of piperazine rings is 1. The average molecular weight is 621 g/mol. The van der Waals surface area contributed by atoms with Crippen LogP contribution in [-0.2, 0) is 23.7 Å². The quantitative estimate of drug-likeness (QED) is 0.415. The lowest BCUT2D eigenvalue weighted by molar-refractivity contribution is -0.143. The Bertz CT molecular complexity index is 1250. The van der Waals surface area contributed by atoms with E-state index in [1.165, 1.54) is 24.1 Å². The second-order valence-electron chi connectivity index (χ2n) is 10.7. The van der Waals surface area contributed by atoms with Crippen LogP contribution in [0.15, 0.2) is 36.4 Å². The number of carbonyl (C=O) groups excluding carboxylic acids is 1. The maximum atomic E-state index is 13.5. The van der Waals surface area contributed by atoms with Gasteiger partial charge < -0.3 is 20.2 Å². The summed E-state index contributed by atoms with van der Waals surface area (Å²) in [5, 5.41) is 12.1. The number of carbonyl (C=O) groups is 2. The van der Waals surface area contributed by atoms with Crippen molar-refractivity contribution in [1.29, 1.82) is 0 Å². The predicted octanol–water partition coefficient (Wildman–Crippen LogP) is 5.93. The molecule has 2 fully saturated rings. The lowest BCUT2D eigenvalue weighted by Crippen LogP contribution is -2.55. The molecule has 238 valence electrons. The van der Waals surface area contributed by atoms with Gasteiger partial charge in [0.1, 0.15) is 5.82 Å². The summed E-state index contributed by atoms with van der Waals surface area (Å²) in [6, 6.07) is 6.09. The highest BCUT2D eigenvalue weighted by molar-refractivity contribution is 5.73. The molecule has 0 aromatic heterocycles. The largest absolute Gasteiger partial charge is 0.465 e. The standard InChI is InChI=1S/C19H26FN3O3.C10H9F6N/c1-13-11-15(20)3-4-17(13)18-12-16(5-6-23(18)19(25)26)22-9-7-21(8-10-22)14(2)24;1-17-5-6-2-7(9(11,12)13)4-8(3-6)10(14,15)16/h3-4,11,16,18H,5-10,12H2,1-2H3,(H,25,26);2-4,17H,5H2,1H3/t16-,18+;/m0./s1. The number of nitrogens with zero attached hydrogens (tertiary/aromatic N) is 3. The number of piperidine rings is 1. The molecule has 0 unspecified atom stereocenters. The van der Waals surface area contributed by atoms with Crippen molar-refractivity contribution in [2.75, 3.05) is 39.8 Å². The van der Waals surface area contributed by atoms with E-state index in [9.17, 15) is 45.4 Å². The molecule has 2 N–H and O–H groups in total. The Morgan fingerprint density at radius 1 is 0.930 bits per heavy atom. The van der Waals surface area contributed by atoms with Gasteiger partial charge in [-0.05, 0) is 73.8 Å². The van der Waals surface area contributed by atoms with Crippen LogP contribution in [-0.4, -0.2) is 77.6 Å². The van der Waals surface area contributed by atoms with E-state index in [2.05, 4.69) is 10.2 Å². The summed E-state index contributed by atoms with van der Waals surface area (Å²) in [5.41, 5.74) is -0.992. The molecule has 2 atom stereocenters. The molecule has 2 heterocycles. The molecule has 2 aliphatic rings. The minimum absolute atomic E-state index is 0.0605. The van der Waals surface area contributed by atoms with Crippen molar-refractivity contribution in [3.8, 4) is 0 Å². The Hall–Kier alpha value is -3.39. The molecule has 2 aromatic rings. The maximum Gasteiger partial charge on any atom is 0.416 e. The molecule has 2 aliphatic heterocycles. The van der Waals surface area contributed by atoms with E-state index in [-0.39, 0.29) is 42.0 Å². The van der Waals surface area contributed by atoms with Gasteiger partial charge in [-0.3, -0.25) is 9.69 Å². The summed E-state index contributed by atoms with van der Waals surface area (Å²) in [5.74, 6) is -0.203. The topological polar surface area (TPSA) is 76.1 Å². The van der Waals surface area contributed by atoms with Crippen molar-refractivity contribution in [2.24, 2.45) is 0 Å². The van der Waals surface area contributed by atoms with Crippen LogP contribution in [0.2, 0.25) is 0 Å². The number of benzene rings is 2. The Kier molecular flexibility index (Phi) is 11.0. The third kappa shape index (κ3) is 9.05. The minimum Gasteiger partial charge on any atom is -0.465 e. The van der Waals surface area contributed by atoms with Crippen LogP contribution in [0.3, 0.4) is 0 Å². The Morgan fingerprint density at radius 2 is 1.51 bits per heavy atom. The Balaban J connectivity index is 0.000000259. The number of aryl methyl sites for hydroxylation is 1. The zero-order chi connectivity index (χ0) is 32.1. The minimum atomic E-state index is -4.79. The predicted molar refractivity (Wildman–Crippen MR) is 145 cm³/mol. The van der Waals surface area contributed by atoms with Crippen molar-refractivity contribution in [1.82, 2.24) is 20.0 Å². The highest BCUT2D eigenvalue weighted by Gasteiger charge is 2.38. The first kappa shape index (κ1) is 34.1. The number of halogens is 7. The number of carboxylic acid groups (broad SMARTS) is 1. The lowest BCUT2D eigenvalue weighted by atomic mass is 9.88. The number of amides is 2. The van der Waals surface area contributed by atoms with Gasteiger partial charge in [0.05, 0.1) is 17.2 Å². The van der Waals surface area contributed by atoms with E-state index < -0.39 is 29.6 Å². The molecule has 7 nitrogen and oxygen atoms in total. The highest BCUT2D eigenvalue weighted by Crippen LogP contribution is 2.37. The van der Waals surface area contributed by atoms with Gasteiger partial charge in [0, 0.05) is 52.2 Å². The first-order valence-corrected chi connectivity index (χ1v) is 13.7. The van der Waals surface area contributed by atoms with Crippen LogP contribution >= 0.6 is 0 Å². The molecule has 14 heteroatoms. The second-order valence-corrected chi connectivity index (χ2v) is 10.7. The molecule has 0 spiro atoms. The van der Waals surface area contributed by atoms with Crippen LogP contribution in [0.25, 0.3) is 0 Å². The third-order valence-corrected chi connectivity index (χ3v) is 7.72. The average Bonchev–Trinajstić information content (AvgIpc) is 2.92. The summed E-state index contributed by atoms with van der Waals surface area (Å²) in [6.07, 6.45) is -9.03. The molecule has 2 amide bonds. The number of hydrogen-bond acceptors (Lipinski definition) is 4. The van der Waals surface area contributed by atoms with Gasteiger partial charge in [-0.1, -0.05) is 6.07 Å². The third-order valence-electron chi connectivity index (χ3n) is 7.72. The van der Waals surface area contributed by atoms with E-state index >= 15 is 0 Å². The maximum absolute atomic E-state index is 13.5. The van der Waals surface area contributed by atoms with Gasteiger partial charge >= 0.3 is 18.4 Å². The molecule has 4 rings (SSSR count). The van der Waals surface area contributed by atoms with Crippen LogP contribution < -0.4 is 5.32 Å². The molecule has 0 bridgehead atoms. The van der Waals surface area contributed by atoms with E-state index in [0.717, 1.165) is 30.6 Å². The molecule has 0 aliphatic carbocycles. The van der Waals surface area contributed by atoms with Gasteiger partial charge in [-0.15, -0.1) is 0 Å². The van der Waals surface area contributed by atoms with Gasteiger partial charge in [-0.25, -0.2) is 9.18 Å². The Labute approximate surface area is 245 Å². The van der Waals surface area contributed by atoms with E-state index in [1.54, 1.807) is 13.0 Å². The van der Waals surface area contributed by atoms with Gasteiger partial charge in [0.15, 0.2) is 0 Å².